The molecule has 1 aliphatic heterocycles. The topological polar surface area (TPSA) is 87.1 Å². The van der Waals surface area contributed by atoms with Crippen LogP contribution in [0.1, 0.15) is 5.56 Å². The van der Waals surface area contributed by atoms with Crippen molar-refractivity contribution >= 4 is 46.3 Å². The molecule has 0 spiro atoms. The predicted molar refractivity (Wildman–Crippen MR) is 82.2 cm³/mol. The van der Waals surface area contributed by atoms with Crippen LogP contribution in [0.3, 0.4) is 0 Å². The Morgan fingerprint density at radius 3 is 2.86 bits per heavy atom. The van der Waals surface area contributed by atoms with Gasteiger partial charge in [-0.1, -0.05) is 30.0 Å². The lowest BCUT2D eigenvalue weighted by Gasteiger charge is -2.10. The summed E-state index contributed by atoms with van der Waals surface area (Å²) in [5.74, 6) is -1.30. The van der Waals surface area contributed by atoms with Gasteiger partial charge in [0.15, 0.2) is 11.5 Å². The maximum atomic E-state index is 12.1. The molecule has 2 rings (SSSR count). The number of carboxylic acids is 1. The molecule has 8 heteroatoms. The van der Waals surface area contributed by atoms with Gasteiger partial charge in [0.05, 0.1) is 12.0 Å². The van der Waals surface area contributed by atoms with Gasteiger partial charge in [-0.05, 0) is 23.8 Å². The average Bonchev–Trinajstić information content (AvgIpc) is 2.68. The highest BCUT2D eigenvalue weighted by atomic mass is 32.2. The fraction of sp³-hybridized carbons (Fsp3) is 0.154. The molecule has 1 aromatic rings. The quantitative estimate of drug-likeness (QED) is 0.643. The van der Waals surface area contributed by atoms with E-state index >= 15 is 0 Å². The van der Waals surface area contributed by atoms with Crippen LogP contribution in [0.5, 0.6) is 11.5 Å². The van der Waals surface area contributed by atoms with E-state index in [4.69, 9.17) is 22.1 Å². The Hall–Kier alpha value is -2.06. The number of carbonyl (C=O) groups is 2. The minimum atomic E-state index is -1.13. The number of methoxy groups -OCH3 is 1. The van der Waals surface area contributed by atoms with Crippen LogP contribution in [0, 0.1) is 0 Å². The molecule has 0 unspecified atom stereocenters. The van der Waals surface area contributed by atoms with E-state index < -0.39 is 18.4 Å². The Labute approximate surface area is 130 Å². The number of carbonyl (C=O) groups excluding carboxylic acids is 1. The number of thiocarbonyl (C=S) groups is 1. The van der Waals surface area contributed by atoms with Crippen molar-refractivity contribution in [1.29, 1.82) is 0 Å². The number of aromatic hydroxyl groups is 1. The molecule has 110 valence electrons. The number of thioether (sulfide) groups is 1. The summed E-state index contributed by atoms with van der Waals surface area (Å²) in [5.41, 5.74) is 0.639. The summed E-state index contributed by atoms with van der Waals surface area (Å²) in [6, 6.07) is 4.63. The monoisotopic (exact) mass is 325 g/mol. The highest BCUT2D eigenvalue weighted by Crippen LogP contribution is 2.34. The van der Waals surface area contributed by atoms with Crippen molar-refractivity contribution in [3.63, 3.8) is 0 Å². The van der Waals surface area contributed by atoms with Crippen molar-refractivity contribution in [2.75, 3.05) is 13.7 Å². The van der Waals surface area contributed by atoms with E-state index in [9.17, 15) is 14.7 Å². The third-order valence-electron chi connectivity index (χ3n) is 2.67. The molecule has 1 heterocycles. The van der Waals surface area contributed by atoms with Gasteiger partial charge in [-0.2, -0.15) is 0 Å². The maximum Gasteiger partial charge on any atom is 0.323 e. The van der Waals surface area contributed by atoms with Crippen LogP contribution in [-0.4, -0.2) is 45.0 Å². The zero-order chi connectivity index (χ0) is 15.6. The summed E-state index contributed by atoms with van der Waals surface area (Å²) in [4.78, 5) is 24.1. The first kappa shape index (κ1) is 15.3. The van der Waals surface area contributed by atoms with Crippen LogP contribution in [0.4, 0.5) is 0 Å². The lowest BCUT2D eigenvalue weighted by Crippen LogP contribution is -2.33. The Morgan fingerprint density at radius 1 is 1.52 bits per heavy atom. The van der Waals surface area contributed by atoms with Gasteiger partial charge >= 0.3 is 5.97 Å². The maximum absolute atomic E-state index is 12.1. The Morgan fingerprint density at radius 2 is 2.24 bits per heavy atom. The summed E-state index contributed by atoms with van der Waals surface area (Å²) >= 11 is 6.04. The van der Waals surface area contributed by atoms with Crippen molar-refractivity contribution in [1.82, 2.24) is 4.90 Å². The standard InChI is InChI=1S/C13H11NO5S2/c1-19-9-4-7(2-3-8(9)15)5-10-12(18)14(6-11(16)17)13(20)21-10/h2-5,15H,6H2,1H3,(H,16,17). The van der Waals surface area contributed by atoms with Crippen LogP contribution in [0.25, 0.3) is 6.08 Å². The molecule has 1 fully saturated rings. The number of phenolic OH excluding ortho intramolecular Hbond substituents is 1. The largest absolute Gasteiger partial charge is 0.504 e. The van der Waals surface area contributed by atoms with Gasteiger partial charge in [-0.15, -0.1) is 0 Å². The minimum absolute atomic E-state index is 0.00641. The first-order valence-electron chi connectivity index (χ1n) is 5.76. The number of nitrogens with zero attached hydrogens (tertiary/aromatic N) is 1. The third-order valence-corrected chi connectivity index (χ3v) is 4.05. The van der Waals surface area contributed by atoms with Gasteiger partial charge in [0.25, 0.3) is 5.91 Å². The molecule has 0 aromatic heterocycles. The van der Waals surface area contributed by atoms with E-state index in [2.05, 4.69) is 0 Å². The molecule has 6 nitrogen and oxygen atoms in total. The van der Waals surface area contributed by atoms with Crippen molar-refractivity contribution in [2.45, 2.75) is 0 Å². The van der Waals surface area contributed by atoms with Crippen molar-refractivity contribution in [3.05, 3.63) is 28.7 Å². The zero-order valence-electron chi connectivity index (χ0n) is 10.9. The van der Waals surface area contributed by atoms with Crippen molar-refractivity contribution < 1.29 is 24.5 Å². The van der Waals surface area contributed by atoms with Gasteiger partial charge in [0.1, 0.15) is 10.9 Å². The number of aliphatic carboxylic acids is 1. The van der Waals surface area contributed by atoms with Crippen LogP contribution < -0.4 is 4.74 Å². The molecule has 21 heavy (non-hydrogen) atoms. The first-order valence-corrected chi connectivity index (χ1v) is 6.99. The van der Waals surface area contributed by atoms with Crippen LogP contribution >= 0.6 is 24.0 Å². The number of benzene rings is 1. The smallest absolute Gasteiger partial charge is 0.323 e. The summed E-state index contributed by atoms with van der Waals surface area (Å²) in [6.45, 7) is -0.457. The highest BCUT2D eigenvalue weighted by molar-refractivity contribution is 8.26. The van der Waals surface area contributed by atoms with Gasteiger partial charge in [0, 0.05) is 0 Å². The first-order chi connectivity index (χ1) is 9.92. The van der Waals surface area contributed by atoms with Gasteiger partial charge in [-0.3, -0.25) is 14.5 Å². The van der Waals surface area contributed by atoms with E-state index in [-0.39, 0.29) is 15.8 Å². The SMILES string of the molecule is COc1cc(C=C2SC(=S)N(CC(=O)O)C2=O)ccc1O. The number of carboxylic acid groups (broad SMARTS) is 1. The third kappa shape index (κ3) is 3.34. The highest BCUT2D eigenvalue weighted by Gasteiger charge is 2.33. The molecule has 0 aliphatic carbocycles. The van der Waals surface area contributed by atoms with Crippen LogP contribution in [-0.2, 0) is 9.59 Å². The molecule has 0 saturated carbocycles. The van der Waals surface area contributed by atoms with E-state index in [0.29, 0.717) is 10.5 Å². The fourth-order valence-corrected chi connectivity index (χ4v) is 2.96. The number of phenols is 1. The minimum Gasteiger partial charge on any atom is -0.504 e. The Kier molecular flexibility index (Phi) is 4.49. The van der Waals surface area contributed by atoms with Crippen molar-refractivity contribution in [3.8, 4) is 11.5 Å². The number of hydrogen-bond acceptors (Lipinski definition) is 6. The second-order valence-corrected chi connectivity index (χ2v) is 5.77. The van der Waals surface area contributed by atoms with E-state index in [1.54, 1.807) is 18.2 Å². The van der Waals surface area contributed by atoms with E-state index in [1.807, 2.05) is 0 Å². The number of amides is 1. The molecule has 0 bridgehead atoms. The van der Waals surface area contributed by atoms with Crippen LogP contribution in [0.2, 0.25) is 0 Å². The second-order valence-electron chi connectivity index (χ2n) is 4.09. The summed E-state index contributed by atoms with van der Waals surface area (Å²) in [5, 5.41) is 18.3. The van der Waals surface area contributed by atoms with Gasteiger partial charge in [0.2, 0.25) is 0 Å². The molecule has 2 N–H and O–H groups in total. The summed E-state index contributed by atoms with van der Waals surface area (Å²) in [6.07, 6.45) is 1.57. The lowest BCUT2D eigenvalue weighted by atomic mass is 10.2. The Balaban J connectivity index is 2.28. The second kappa shape index (κ2) is 6.15. The van der Waals surface area contributed by atoms with Gasteiger partial charge < -0.3 is 14.9 Å². The molecule has 1 saturated heterocycles. The molecule has 0 radical (unpaired) electrons. The normalized spacial score (nSPS) is 16.6. The fourth-order valence-electron chi connectivity index (χ4n) is 1.71. The zero-order valence-corrected chi connectivity index (χ0v) is 12.5. The molecule has 1 amide bonds. The number of rotatable bonds is 4. The van der Waals surface area contributed by atoms with Crippen LogP contribution in [0.15, 0.2) is 23.1 Å². The summed E-state index contributed by atoms with van der Waals surface area (Å²) in [7, 11) is 1.42. The van der Waals surface area contributed by atoms with Crippen molar-refractivity contribution in [2.24, 2.45) is 0 Å². The molecule has 1 aromatic carbocycles. The number of ether oxygens (including phenoxy) is 1. The molecule has 1 aliphatic rings. The average molecular weight is 325 g/mol. The van der Waals surface area contributed by atoms with E-state index in [0.717, 1.165) is 16.7 Å². The predicted octanol–water partition coefficient (Wildman–Crippen LogP) is 1.69. The molecule has 0 atom stereocenters. The molecular weight excluding hydrogens is 314 g/mol. The molecular formula is C13H11NO5S2. The van der Waals surface area contributed by atoms with Gasteiger partial charge in [-0.25, -0.2) is 0 Å². The van der Waals surface area contributed by atoms with E-state index in [1.165, 1.54) is 13.2 Å². The number of hydrogen-bond donors (Lipinski definition) is 2. The summed E-state index contributed by atoms with van der Waals surface area (Å²) < 4.78 is 5.19. The Bertz CT molecular complexity index is 656. The lowest BCUT2D eigenvalue weighted by molar-refractivity contribution is -0.140.